The van der Waals surface area contributed by atoms with Crippen LogP contribution >= 0.6 is 11.6 Å². The summed E-state index contributed by atoms with van der Waals surface area (Å²) < 4.78 is 0. The number of rotatable bonds is 1. The molecule has 2 unspecified atom stereocenters. The van der Waals surface area contributed by atoms with Crippen LogP contribution in [-0.2, 0) is 0 Å². The maximum atomic E-state index is 5.97. The molecule has 2 atom stereocenters. The first-order chi connectivity index (χ1) is 6.75. The lowest BCUT2D eigenvalue weighted by Crippen LogP contribution is -2.23. The predicted octanol–water partition coefficient (Wildman–Crippen LogP) is 3.04. The maximum Gasteiger partial charge on any atom is 0.0426 e. The topological polar surface area (TPSA) is 3.24 Å². The lowest BCUT2D eigenvalue weighted by Gasteiger charge is -2.21. The molecule has 1 aromatic carbocycles. The van der Waals surface area contributed by atoms with E-state index in [1.807, 2.05) is 12.1 Å². The molecule has 1 saturated heterocycles. The molecule has 74 valence electrons. The molecule has 0 spiro atoms. The van der Waals surface area contributed by atoms with Gasteiger partial charge in [-0.25, -0.2) is 0 Å². The lowest BCUT2D eigenvalue weighted by molar-refractivity contribution is 0.690. The standard InChI is InChI=1S/C12H14ClN/c1-8-11-6-14(7-12(8)11)10-4-2-3-9(13)5-10/h2-5,8,11-12H,6-7H2,1H3. The van der Waals surface area contributed by atoms with Crippen LogP contribution < -0.4 is 4.90 Å². The average Bonchev–Trinajstić information content (AvgIpc) is 2.66. The molecule has 2 aliphatic rings. The van der Waals surface area contributed by atoms with E-state index in [-0.39, 0.29) is 0 Å². The highest BCUT2D eigenvalue weighted by Gasteiger charge is 2.52. The van der Waals surface area contributed by atoms with Crippen molar-refractivity contribution in [1.29, 1.82) is 0 Å². The molecule has 1 aliphatic carbocycles. The van der Waals surface area contributed by atoms with E-state index in [0.717, 1.165) is 22.8 Å². The second kappa shape index (κ2) is 2.90. The van der Waals surface area contributed by atoms with Crippen molar-refractivity contribution in [3.05, 3.63) is 29.3 Å². The van der Waals surface area contributed by atoms with Gasteiger partial charge in [0.2, 0.25) is 0 Å². The van der Waals surface area contributed by atoms with E-state index in [1.165, 1.54) is 18.8 Å². The Bertz CT molecular complexity index is 351. The molecule has 3 rings (SSSR count). The van der Waals surface area contributed by atoms with E-state index in [1.54, 1.807) is 0 Å². The summed E-state index contributed by atoms with van der Waals surface area (Å²) in [6.45, 7) is 4.82. The van der Waals surface area contributed by atoms with E-state index >= 15 is 0 Å². The van der Waals surface area contributed by atoms with Crippen LogP contribution in [0.4, 0.5) is 5.69 Å². The zero-order valence-corrected chi connectivity index (χ0v) is 9.04. The fraction of sp³-hybridized carbons (Fsp3) is 0.500. The Morgan fingerprint density at radius 2 is 2.00 bits per heavy atom. The van der Waals surface area contributed by atoms with Crippen LogP contribution in [0.2, 0.25) is 5.02 Å². The highest BCUT2D eigenvalue weighted by molar-refractivity contribution is 6.30. The SMILES string of the molecule is CC1C2CN(c3cccc(Cl)c3)CC12. The van der Waals surface area contributed by atoms with Crippen LogP contribution in [0.15, 0.2) is 24.3 Å². The molecule has 0 radical (unpaired) electrons. The van der Waals surface area contributed by atoms with Crippen LogP contribution in [-0.4, -0.2) is 13.1 Å². The minimum Gasteiger partial charge on any atom is -0.371 e. The summed E-state index contributed by atoms with van der Waals surface area (Å²) in [5.41, 5.74) is 1.29. The van der Waals surface area contributed by atoms with Gasteiger partial charge in [-0.05, 0) is 36.0 Å². The van der Waals surface area contributed by atoms with Crippen LogP contribution in [0, 0.1) is 17.8 Å². The van der Waals surface area contributed by atoms with Crippen LogP contribution in [0.25, 0.3) is 0 Å². The van der Waals surface area contributed by atoms with Crippen molar-refractivity contribution in [2.45, 2.75) is 6.92 Å². The van der Waals surface area contributed by atoms with Crippen molar-refractivity contribution in [3.8, 4) is 0 Å². The Balaban J connectivity index is 1.79. The number of benzene rings is 1. The van der Waals surface area contributed by atoms with Crippen molar-refractivity contribution in [2.24, 2.45) is 17.8 Å². The molecular formula is C12H14ClN. The van der Waals surface area contributed by atoms with E-state index in [9.17, 15) is 0 Å². The summed E-state index contributed by atoms with van der Waals surface area (Å²) in [4.78, 5) is 2.46. The zero-order valence-electron chi connectivity index (χ0n) is 8.28. The van der Waals surface area contributed by atoms with E-state index in [4.69, 9.17) is 11.6 Å². The Morgan fingerprint density at radius 3 is 2.64 bits per heavy atom. The number of nitrogens with zero attached hydrogens (tertiary/aromatic N) is 1. The molecule has 1 heterocycles. The largest absolute Gasteiger partial charge is 0.371 e. The Hall–Kier alpha value is -0.690. The third-order valence-corrected chi connectivity index (χ3v) is 4.03. The zero-order chi connectivity index (χ0) is 9.71. The van der Waals surface area contributed by atoms with Crippen LogP contribution in [0.5, 0.6) is 0 Å². The third-order valence-electron chi connectivity index (χ3n) is 3.80. The number of piperidine rings is 1. The van der Waals surface area contributed by atoms with Gasteiger partial charge < -0.3 is 4.90 Å². The van der Waals surface area contributed by atoms with Gasteiger partial charge in [0.1, 0.15) is 0 Å². The molecule has 0 aromatic heterocycles. The first-order valence-corrected chi connectivity index (χ1v) is 5.64. The monoisotopic (exact) mass is 207 g/mol. The summed E-state index contributed by atoms with van der Waals surface area (Å²) in [5.74, 6) is 2.87. The number of fused-ring (bicyclic) bond motifs is 1. The van der Waals surface area contributed by atoms with Gasteiger partial charge in [0.15, 0.2) is 0 Å². The summed E-state index contributed by atoms with van der Waals surface area (Å²) in [6, 6.07) is 8.19. The molecule has 1 aromatic rings. The summed E-state index contributed by atoms with van der Waals surface area (Å²) in [7, 11) is 0. The smallest absolute Gasteiger partial charge is 0.0426 e. The number of anilines is 1. The Labute approximate surface area is 89.7 Å². The summed E-state index contributed by atoms with van der Waals surface area (Å²) in [6.07, 6.45) is 0. The van der Waals surface area contributed by atoms with Gasteiger partial charge in [0.25, 0.3) is 0 Å². The minimum atomic E-state index is 0.844. The molecule has 2 heteroatoms. The van der Waals surface area contributed by atoms with Crippen molar-refractivity contribution in [3.63, 3.8) is 0 Å². The predicted molar refractivity (Wildman–Crippen MR) is 59.8 cm³/mol. The average molecular weight is 208 g/mol. The molecule has 14 heavy (non-hydrogen) atoms. The Morgan fingerprint density at radius 1 is 1.29 bits per heavy atom. The van der Waals surface area contributed by atoms with Crippen LogP contribution in [0.1, 0.15) is 6.92 Å². The van der Waals surface area contributed by atoms with Crippen molar-refractivity contribution in [2.75, 3.05) is 18.0 Å². The first-order valence-electron chi connectivity index (χ1n) is 5.26. The lowest BCUT2D eigenvalue weighted by atomic mass is 10.2. The van der Waals surface area contributed by atoms with Gasteiger partial charge in [0.05, 0.1) is 0 Å². The van der Waals surface area contributed by atoms with E-state index < -0.39 is 0 Å². The van der Waals surface area contributed by atoms with Crippen molar-refractivity contribution < 1.29 is 0 Å². The second-order valence-corrected chi connectivity index (χ2v) is 5.01. The fourth-order valence-electron chi connectivity index (χ4n) is 2.71. The highest BCUT2D eigenvalue weighted by atomic mass is 35.5. The summed E-state index contributed by atoms with van der Waals surface area (Å²) >= 11 is 5.97. The third kappa shape index (κ3) is 1.23. The number of halogens is 1. The van der Waals surface area contributed by atoms with Gasteiger partial charge in [-0.1, -0.05) is 24.6 Å². The Kier molecular flexibility index (Phi) is 1.78. The quantitative estimate of drug-likeness (QED) is 0.684. The molecular weight excluding hydrogens is 194 g/mol. The molecule has 1 nitrogen and oxygen atoms in total. The molecule has 2 fully saturated rings. The molecule has 1 saturated carbocycles. The number of hydrogen-bond acceptors (Lipinski definition) is 1. The molecule has 0 N–H and O–H groups in total. The van der Waals surface area contributed by atoms with Gasteiger partial charge in [-0.2, -0.15) is 0 Å². The molecule has 1 aliphatic heterocycles. The van der Waals surface area contributed by atoms with Crippen molar-refractivity contribution in [1.82, 2.24) is 0 Å². The molecule has 0 amide bonds. The van der Waals surface area contributed by atoms with Crippen LogP contribution in [0.3, 0.4) is 0 Å². The molecule has 0 bridgehead atoms. The first kappa shape index (κ1) is 8.60. The van der Waals surface area contributed by atoms with Gasteiger partial charge in [0, 0.05) is 23.8 Å². The van der Waals surface area contributed by atoms with Crippen molar-refractivity contribution >= 4 is 17.3 Å². The summed E-state index contributed by atoms with van der Waals surface area (Å²) in [5, 5.41) is 0.844. The van der Waals surface area contributed by atoms with Gasteiger partial charge >= 0.3 is 0 Å². The minimum absolute atomic E-state index is 0.844. The van der Waals surface area contributed by atoms with Gasteiger partial charge in [-0.3, -0.25) is 0 Å². The van der Waals surface area contributed by atoms with E-state index in [2.05, 4.69) is 24.0 Å². The maximum absolute atomic E-state index is 5.97. The second-order valence-electron chi connectivity index (χ2n) is 4.57. The van der Waals surface area contributed by atoms with Gasteiger partial charge in [-0.15, -0.1) is 0 Å². The highest BCUT2D eigenvalue weighted by Crippen LogP contribution is 2.52. The normalized spacial score (nSPS) is 34.4. The fourth-order valence-corrected chi connectivity index (χ4v) is 2.89. The number of hydrogen-bond donors (Lipinski definition) is 0. The van der Waals surface area contributed by atoms with E-state index in [0.29, 0.717) is 0 Å².